The van der Waals surface area contributed by atoms with E-state index in [0.717, 1.165) is 30.0 Å². The van der Waals surface area contributed by atoms with Gasteiger partial charge in [-0.3, -0.25) is 9.48 Å². The molecule has 2 aromatic rings. The van der Waals surface area contributed by atoms with Crippen molar-refractivity contribution in [2.45, 2.75) is 33.1 Å². The van der Waals surface area contributed by atoms with Crippen LogP contribution in [0.2, 0.25) is 0 Å². The number of anilines is 1. The first kappa shape index (κ1) is 16.5. The van der Waals surface area contributed by atoms with Gasteiger partial charge in [0.1, 0.15) is 0 Å². The number of carbonyl (C=O) groups excluding carboxylic acids is 1. The quantitative estimate of drug-likeness (QED) is 0.632. The van der Waals surface area contributed by atoms with Crippen LogP contribution >= 0.6 is 0 Å². The summed E-state index contributed by atoms with van der Waals surface area (Å²) in [5, 5.41) is 4.31. The van der Waals surface area contributed by atoms with E-state index in [2.05, 4.69) is 34.3 Å². The maximum atomic E-state index is 12.4. The Hall–Kier alpha value is -2.36. The molecule has 0 radical (unpaired) electrons. The molecule has 0 spiro atoms. The molecule has 0 bridgehead atoms. The minimum atomic E-state index is 0.0122. The summed E-state index contributed by atoms with van der Waals surface area (Å²) in [5.74, 6) is 0.0122. The molecule has 4 heteroatoms. The van der Waals surface area contributed by atoms with Gasteiger partial charge < -0.3 is 4.90 Å². The zero-order valence-electron chi connectivity index (χ0n) is 14.7. The first-order chi connectivity index (χ1) is 11.6. The van der Waals surface area contributed by atoms with Crippen LogP contribution in [0.3, 0.4) is 0 Å². The van der Waals surface area contributed by atoms with E-state index in [1.165, 1.54) is 24.9 Å². The number of hydrogen-bond donors (Lipinski definition) is 0. The molecule has 0 unspecified atom stereocenters. The number of aromatic nitrogens is 2. The van der Waals surface area contributed by atoms with E-state index in [9.17, 15) is 4.79 Å². The molecule has 4 nitrogen and oxygen atoms in total. The molecule has 1 aromatic heterocycles. The Balaban J connectivity index is 1.71. The van der Waals surface area contributed by atoms with Crippen LogP contribution in [0.5, 0.6) is 0 Å². The average Bonchev–Trinajstić information content (AvgIpc) is 2.86. The predicted octanol–water partition coefficient (Wildman–Crippen LogP) is 3.92. The van der Waals surface area contributed by atoms with Crippen molar-refractivity contribution in [1.82, 2.24) is 9.78 Å². The molecule has 0 atom stereocenters. The lowest BCUT2D eigenvalue weighted by Gasteiger charge is -2.28. The Labute approximate surface area is 143 Å². The van der Waals surface area contributed by atoms with Crippen molar-refractivity contribution in [2.24, 2.45) is 7.05 Å². The summed E-state index contributed by atoms with van der Waals surface area (Å²) in [6.45, 7) is 6.09. The normalized spacial score (nSPS) is 15.2. The fourth-order valence-electron chi connectivity index (χ4n) is 3.33. The van der Waals surface area contributed by atoms with Crippen molar-refractivity contribution in [3.63, 3.8) is 0 Å². The zero-order chi connectivity index (χ0) is 17.1. The summed E-state index contributed by atoms with van der Waals surface area (Å²) in [7, 11) is 1.86. The number of aryl methyl sites for hydroxylation is 2. The van der Waals surface area contributed by atoms with Gasteiger partial charge in [-0.1, -0.05) is 18.2 Å². The highest BCUT2D eigenvalue weighted by molar-refractivity contribution is 6.08. The van der Waals surface area contributed by atoms with Gasteiger partial charge in [0, 0.05) is 31.5 Å². The minimum Gasteiger partial charge on any atom is -0.372 e. The molecule has 1 aliphatic rings. The molecule has 2 heterocycles. The number of benzene rings is 1. The lowest BCUT2D eigenvalue weighted by atomic mass is 10.1. The van der Waals surface area contributed by atoms with Crippen molar-refractivity contribution in [3.05, 3.63) is 52.9 Å². The van der Waals surface area contributed by atoms with E-state index >= 15 is 0 Å². The standard InChI is InChI=1S/C20H25N3O/c1-15-20(16(2)22(3)21-15)19(24)12-9-17-7-10-18(11-8-17)23-13-5-4-6-14-23/h7-12H,4-6,13-14H2,1-3H3/b12-9+. The molecule has 3 rings (SSSR count). The summed E-state index contributed by atoms with van der Waals surface area (Å²) in [6.07, 6.45) is 7.42. The molecule has 1 aromatic carbocycles. The minimum absolute atomic E-state index is 0.0122. The third-order valence-corrected chi connectivity index (χ3v) is 4.80. The second-order valence-electron chi connectivity index (χ2n) is 6.51. The number of rotatable bonds is 4. The Bertz CT molecular complexity index is 750. The van der Waals surface area contributed by atoms with E-state index in [1.54, 1.807) is 10.8 Å². The van der Waals surface area contributed by atoms with Crippen molar-refractivity contribution >= 4 is 17.5 Å². The summed E-state index contributed by atoms with van der Waals surface area (Å²) < 4.78 is 1.75. The maximum Gasteiger partial charge on any atom is 0.189 e. The van der Waals surface area contributed by atoms with Crippen molar-refractivity contribution in [3.8, 4) is 0 Å². The van der Waals surface area contributed by atoms with Gasteiger partial charge in [0.2, 0.25) is 0 Å². The lowest BCUT2D eigenvalue weighted by molar-refractivity contribution is 0.104. The first-order valence-corrected chi connectivity index (χ1v) is 8.64. The summed E-state index contributed by atoms with van der Waals surface area (Å²) in [5.41, 5.74) is 4.71. The molecular formula is C20H25N3O. The zero-order valence-corrected chi connectivity index (χ0v) is 14.7. The molecular weight excluding hydrogens is 298 g/mol. The highest BCUT2D eigenvalue weighted by Gasteiger charge is 2.15. The second-order valence-corrected chi connectivity index (χ2v) is 6.51. The van der Waals surface area contributed by atoms with Crippen LogP contribution in [0.4, 0.5) is 5.69 Å². The van der Waals surface area contributed by atoms with E-state index in [4.69, 9.17) is 0 Å². The van der Waals surface area contributed by atoms with Crippen LogP contribution in [0.1, 0.15) is 46.6 Å². The van der Waals surface area contributed by atoms with Crippen molar-refractivity contribution in [1.29, 1.82) is 0 Å². The molecule has 0 saturated carbocycles. The molecule has 126 valence electrons. The summed E-state index contributed by atoms with van der Waals surface area (Å²) in [4.78, 5) is 14.9. The molecule has 1 aliphatic heterocycles. The Morgan fingerprint density at radius 1 is 1.08 bits per heavy atom. The molecule has 24 heavy (non-hydrogen) atoms. The van der Waals surface area contributed by atoms with Gasteiger partial charge in [-0.15, -0.1) is 0 Å². The van der Waals surface area contributed by atoms with E-state index in [1.807, 2.05) is 27.0 Å². The fraction of sp³-hybridized carbons (Fsp3) is 0.400. The van der Waals surface area contributed by atoms with E-state index in [-0.39, 0.29) is 5.78 Å². The summed E-state index contributed by atoms with van der Waals surface area (Å²) >= 11 is 0. The second kappa shape index (κ2) is 7.04. The number of carbonyl (C=O) groups is 1. The molecule has 1 saturated heterocycles. The van der Waals surface area contributed by atoms with E-state index in [0.29, 0.717) is 5.56 Å². The highest BCUT2D eigenvalue weighted by atomic mass is 16.1. The predicted molar refractivity (Wildman–Crippen MR) is 98.6 cm³/mol. The van der Waals surface area contributed by atoms with Gasteiger partial charge in [-0.05, 0) is 56.9 Å². The van der Waals surface area contributed by atoms with Gasteiger partial charge in [0.15, 0.2) is 5.78 Å². The van der Waals surface area contributed by atoms with E-state index < -0.39 is 0 Å². The van der Waals surface area contributed by atoms with Crippen LogP contribution in [0, 0.1) is 13.8 Å². The monoisotopic (exact) mass is 323 g/mol. The average molecular weight is 323 g/mol. The third kappa shape index (κ3) is 3.42. The Morgan fingerprint density at radius 3 is 2.33 bits per heavy atom. The maximum absolute atomic E-state index is 12.4. The van der Waals surface area contributed by atoms with Gasteiger partial charge >= 0.3 is 0 Å². The van der Waals surface area contributed by atoms with Gasteiger partial charge in [0.25, 0.3) is 0 Å². The number of piperidine rings is 1. The van der Waals surface area contributed by atoms with Crippen LogP contribution in [0.25, 0.3) is 6.08 Å². The van der Waals surface area contributed by atoms with Crippen LogP contribution < -0.4 is 4.90 Å². The van der Waals surface area contributed by atoms with Crippen molar-refractivity contribution in [2.75, 3.05) is 18.0 Å². The van der Waals surface area contributed by atoms with Gasteiger partial charge in [-0.2, -0.15) is 5.10 Å². The van der Waals surface area contributed by atoms with Crippen LogP contribution in [-0.2, 0) is 7.05 Å². The number of ketones is 1. The lowest BCUT2D eigenvalue weighted by Crippen LogP contribution is -2.29. The Kier molecular flexibility index (Phi) is 4.84. The van der Waals surface area contributed by atoms with Crippen LogP contribution in [-0.4, -0.2) is 28.7 Å². The Morgan fingerprint density at radius 2 is 1.75 bits per heavy atom. The fourth-order valence-corrected chi connectivity index (χ4v) is 3.33. The SMILES string of the molecule is Cc1nn(C)c(C)c1C(=O)/C=C/c1ccc(N2CCCCC2)cc1. The molecule has 0 aliphatic carbocycles. The van der Waals surface area contributed by atoms with Gasteiger partial charge in [0.05, 0.1) is 11.3 Å². The number of nitrogens with zero attached hydrogens (tertiary/aromatic N) is 3. The molecule has 1 fully saturated rings. The molecule has 0 amide bonds. The third-order valence-electron chi connectivity index (χ3n) is 4.80. The van der Waals surface area contributed by atoms with Crippen LogP contribution in [0.15, 0.2) is 30.3 Å². The summed E-state index contributed by atoms with van der Waals surface area (Å²) in [6, 6.07) is 8.46. The van der Waals surface area contributed by atoms with Gasteiger partial charge in [-0.25, -0.2) is 0 Å². The highest BCUT2D eigenvalue weighted by Crippen LogP contribution is 2.21. The largest absolute Gasteiger partial charge is 0.372 e. The first-order valence-electron chi connectivity index (χ1n) is 8.64. The molecule has 0 N–H and O–H groups in total. The smallest absolute Gasteiger partial charge is 0.189 e. The number of allylic oxidation sites excluding steroid dienone is 1. The number of hydrogen-bond acceptors (Lipinski definition) is 3. The van der Waals surface area contributed by atoms with Crippen molar-refractivity contribution < 1.29 is 4.79 Å². The topological polar surface area (TPSA) is 38.1 Å².